The highest BCUT2D eigenvalue weighted by atomic mass is 16.5. The average molecular weight is 277 g/mol. The summed E-state index contributed by atoms with van der Waals surface area (Å²) >= 11 is 0. The summed E-state index contributed by atoms with van der Waals surface area (Å²) in [5.41, 5.74) is 1.01. The number of hydrogen-bond donors (Lipinski definition) is 3. The number of carbonyl (C=O) groups is 1. The lowest BCUT2D eigenvalue weighted by molar-refractivity contribution is -0.120. The SMILES string of the molecule is COc1ccccc1CNC(=O)CNC1(C)CCNC1. The van der Waals surface area contributed by atoms with Gasteiger partial charge in [-0.05, 0) is 26.0 Å². The first kappa shape index (κ1) is 14.8. The highest BCUT2D eigenvalue weighted by Crippen LogP contribution is 2.16. The molecule has 5 nitrogen and oxygen atoms in total. The van der Waals surface area contributed by atoms with Gasteiger partial charge in [0.2, 0.25) is 5.91 Å². The van der Waals surface area contributed by atoms with E-state index in [1.54, 1.807) is 7.11 Å². The molecule has 1 aromatic carbocycles. The maximum atomic E-state index is 11.9. The van der Waals surface area contributed by atoms with Crippen LogP contribution in [0.5, 0.6) is 5.75 Å². The Hall–Kier alpha value is -1.59. The van der Waals surface area contributed by atoms with Crippen molar-refractivity contribution >= 4 is 5.91 Å². The standard InChI is InChI=1S/C15H23N3O2/c1-15(7-8-16-11-15)18-10-14(19)17-9-12-5-3-4-6-13(12)20-2/h3-6,16,18H,7-11H2,1-2H3,(H,17,19). The molecule has 1 saturated heterocycles. The van der Waals surface area contributed by atoms with Crippen molar-refractivity contribution in [1.29, 1.82) is 0 Å². The molecule has 0 bridgehead atoms. The summed E-state index contributed by atoms with van der Waals surface area (Å²) in [5.74, 6) is 0.803. The van der Waals surface area contributed by atoms with Crippen molar-refractivity contribution in [2.24, 2.45) is 0 Å². The van der Waals surface area contributed by atoms with Crippen molar-refractivity contribution in [1.82, 2.24) is 16.0 Å². The Balaban J connectivity index is 1.77. The van der Waals surface area contributed by atoms with E-state index in [4.69, 9.17) is 4.74 Å². The van der Waals surface area contributed by atoms with E-state index in [9.17, 15) is 4.79 Å². The number of carbonyl (C=O) groups excluding carboxylic acids is 1. The van der Waals surface area contributed by atoms with Crippen LogP contribution in [0.1, 0.15) is 18.9 Å². The summed E-state index contributed by atoms with van der Waals surface area (Å²) in [5, 5.41) is 9.53. The molecule has 1 atom stereocenters. The van der Waals surface area contributed by atoms with Gasteiger partial charge in [-0.3, -0.25) is 4.79 Å². The molecule has 0 aromatic heterocycles. The molecule has 1 heterocycles. The van der Waals surface area contributed by atoms with Crippen molar-refractivity contribution in [3.05, 3.63) is 29.8 Å². The number of para-hydroxylation sites is 1. The normalized spacial score (nSPS) is 21.7. The van der Waals surface area contributed by atoms with Crippen molar-refractivity contribution < 1.29 is 9.53 Å². The fourth-order valence-electron chi connectivity index (χ4n) is 2.37. The molecule has 2 rings (SSSR count). The van der Waals surface area contributed by atoms with Crippen LogP contribution >= 0.6 is 0 Å². The Morgan fingerprint density at radius 2 is 2.25 bits per heavy atom. The first-order chi connectivity index (χ1) is 9.63. The van der Waals surface area contributed by atoms with Crippen LogP contribution in [-0.2, 0) is 11.3 Å². The van der Waals surface area contributed by atoms with Gasteiger partial charge >= 0.3 is 0 Å². The summed E-state index contributed by atoms with van der Waals surface area (Å²) in [6.07, 6.45) is 1.05. The fraction of sp³-hybridized carbons (Fsp3) is 0.533. The second-order valence-corrected chi connectivity index (χ2v) is 5.43. The van der Waals surface area contributed by atoms with Gasteiger partial charge in [-0.1, -0.05) is 18.2 Å². The molecule has 1 unspecified atom stereocenters. The second kappa shape index (κ2) is 6.72. The van der Waals surface area contributed by atoms with Crippen molar-refractivity contribution in [2.45, 2.75) is 25.4 Å². The second-order valence-electron chi connectivity index (χ2n) is 5.43. The quantitative estimate of drug-likeness (QED) is 0.714. The molecule has 1 amide bonds. The molecule has 1 aliphatic rings. The van der Waals surface area contributed by atoms with Gasteiger partial charge in [0, 0.05) is 24.2 Å². The van der Waals surface area contributed by atoms with Gasteiger partial charge in [-0.15, -0.1) is 0 Å². The molecule has 110 valence electrons. The van der Waals surface area contributed by atoms with E-state index < -0.39 is 0 Å². The molecule has 0 radical (unpaired) electrons. The van der Waals surface area contributed by atoms with Gasteiger partial charge in [0.05, 0.1) is 13.7 Å². The Labute approximate surface area is 120 Å². The molecular formula is C15H23N3O2. The van der Waals surface area contributed by atoms with Crippen molar-refractivity contribution in [3.8, 4) is 5.75 Å². The number of nitrogens with one attached hydrogen (secondary N) is 3. The first-order valence-electron chi connectivity index (χ1n) is 6.97. The van der Waals surface area contributed by atoms with Crippen LogP contribution in [-0.4, -0.2) is 38.2 Å². The largest absolute Gasteiger partial charge is 0.496 e. The minimum absolute atomic E-state index is 0.00373. The minimum atomic E-state index is 0.00373. The molecule has 5 heteroatoms. The summed E-state index contributed by atoms with van der Waals surface area (Å²) < 4.78 is 5.26. The molecular weight excluding hydrogens is 254 g/mol. The van der Waals surface area contributed by atoms with Gasteiger partial charge < -0.3 is 20.7 Å². The van der Waals surface area contributed by atoms with Crippen LogP contribution in [0.25, 0.3) is 0 Å². The van der Waals surface area contributed by atoms with Crippen LogP contribution < -0.4 is 20.7 Å². The number of amides is 1. The molecule has 1 aromatic rings. The predicted octanol–water partition coefficient (Wildman–Crippen LogP) is 0.653. The molecule has 0 saturated carbocycles. The number of methoxy groups -OCH3 is 1. The third-order valence-electron chi connectivity index (χ3n) is 3.71. The molecule has 0 spiro atoms. The van der Waals surface area contributed by atoms with Gasteiger partial charge in [0.15, 0.2) is 0 Å². The first-order valence-corrected chi connectivity index (χ1v) is 6.97. The lowest BCUT2D eigenvalue weighted by atomic mass is 10.0. The van der Waals surface area contributed by atoms with E-state index >= 15 is 0 Å². The Morgan fingerprint density at radius 3 is 2.95 bits per heavy atom. The third-order valence-corrected chi connectivity index (χ3v) is 3.71. The number of benzene rings is 1. The minimum Gasteiger partial charge on any atom is -0.496 e. The van der Waals surface area contributed by atoms with Crippen LogP contribution in [0.4, 0.5) is 0 Å². The average Bonchev–Trinajstić information content (AvgIpc) is 2.90. The highest BCUT2D eigenvalue weighted by molar-refractivity contribution is 5.78. The van der Waals surface area contributed by atoms with Crippen LogP contribution in [0.2, 0.25) is 0 Å². The lowest BCUT2D eigenvalue weighted by Crippen LogP contribution is -2.48. The Morgan fingerprint density at radius 1 is 1.45 bits per heavy atom. The number of hydrogen-bond acceptors (Lipinski definition) is 4. The van der Waals surface area contributed by atoms with Crippen molar-refractivity contribution in [2.75, 3.05) is 26.7 Å². The maximum absolute atomic E-state index is 11.9. The molecule has 3 N–H and O–H groups in total. The van der Waals surface area contributed by atoms with Crippen LogP contribution in [0.15, 0.2) is 24.3 Å². The van der Waals surface area contributed by atoms with Crippen LogP contribution in [0, 0.1) is 0 Å². The Kier molecular flexibility index (Phi) is 4.98. The zero-order valence-corrected chi connectivity index (χ0v) is 12.2. The van der Waals surface area contributed by atoms with Gasteiger partial charge in [-0.2, -0.15) is 0 Å². The summed E-state index contributed by atoms with van der Waals surface area (Å²) in [7, 11) is 1.64. The topological polar surface area (TPSA) is 62.4 Å². The van der Waals surface area contributed by atoms with E-state index in [1.807, 2.05) is 24.3 Å². The molecule has 0 aliphatic carbocycles. The van der Waals surface area contributed by atoms with Gasteiger partial charge in [0.1, 0.15) is 5.75 Å². The summed E-state index contributed by atoms with van der Waals surface area (Å²) in [6, 6.07) is 7.70. The predicted molar refractivity (Wildman–Crippen MR) is 78.7 cm³/mol. The Bertz CT molecular complexity index is 456. The van der Waals surface area contributed by atoms with E-state index in [1.165, 1.54) is 0 Å². The zero-order chi connectivity index (χ0) is 14.4. The fourth-order valence-corrected chi connectivity index (χ4v) is 2.37. The number of ether oxygens (including phenoxy) is 1. The lowest BCUT2D eigenvalue weighted by Gasteiger charge is -2.24. The van der Waals surface area contributed by atoms with E-state index in [0.29, 0.717) is 13.1 Å². The maximum Gasteiger partial charge on any atom is 0.234 e. The summed E-state index contributed by atoms with van der Waals surface area (Å²) in [6.45, 7) is 4.88. The van der Waals surface area contributed by atoms with E-state index in [0.717, 1.165) is 30.8 Å². The smallest absolute Gasteiger partial charge is 0.234 e. The van der Waals surface area contributed by atoms with Crippen LogP contribution in [0.3, 0.4) is 0 Å². The summed E-state index contributed by atoms with van der Waals surface area (Å²) in [4.78, 5) is 11.9. The molecule has 1 fully saturated rings. The van der Waals surface area contributed by atoms with Crippen molar-refractivity contribution in [3.63, 3.8) is 0 Å². The van der Waals surface area contributed by atoms with Gasteiger partial charge in [0.25, 0.3) is 0 Å². The number of rotatable bonds is 6. The van der Waals surface area contributed by atoms with Gasteiger partial charge in [-0.25, -0.2) is 0 Å². The monoisotopic (exact) mass is 277 g/mol. The third kappa shape index (κ3) is 3.95. The highest BCUT2D eigenvalue weighted by Gasteiger charge is 2.28. The molecule has 1 aliphatic heterocycles. The molecule has 20 heavy (non-hydrogen) atoms. The zero-order valence-electron chi connectivity index (χ0n) is 12.2. The van der Waals surface area contributed by atoms with E-state index in [2.05, 4.69) is 22.9 Å². The van der Waals surface area contributed by atoms with E-state index in [-0.39, 0.29) is 11.4 Å².